The molecule has 4 nitrogen and oxygen atoms in total. The van der Waals surface area contributed by atoms with E-state index in [0.29, 0.717) is 12.3 Å². The summed E-state index contributed by atoms with van der Waals surface area (Å²) in [6.07, 6.45) is 0.669. The summed E-state index contributed by atoms with van der Waals surface area (Å²) in [4.78, 5) is 11.5. The van der Waals surface area contributed by atoms with Gasteiger partial charge in [-0.3, -0.25) is 0 Å². The molecule has 0 fully saturated rings. The molecule has 0 radical (unpaired) electrons. The summed E-state index contributed by atoms with van der Waals surface area (Å²) in [7, 11) is 0. The molecule has 0 rings (SSSR count). The second-order valence-electron chi connectivity index (χ2n) is 6.15. The lowest BCUT2D eigenvalue weighted by atomic mass is 9.94. The Bertz CT molecular complexity index is 230. The summed E-state index contributed by atoms with van der Waals surface area (Å²) in [5, 5.41) is 15.5. The topological polar surface area (TPSA) is 61.4 Å². The number of rotatable bonds is 4. The van der Waals surface area contributed by atoms with Crippen LogP contribution in [0.3, 0.4) is 0 Å². The molecule has 0 aromatic rings. The van der Waals surface area contributed by atoms with Gasteiger partial charge in [-0.05, 0) is 40.0 Å². The van der Waals surface area contributed by atoms with E-state index in [2.05, 4.69) is 10.6 Å². The van der Waals surface area contributed by atoms with Gasteiger partial charge in [-0.15, -0.1) is 0 Å². The molecule has 0 saturated carbocycles. The quantitative estimate of drug-likeness (QED) is 0.690. The summed E-state index contributed by atoms with van der Waals surface area (Å²) in [5.41, 5.74) is -1.10. The molecule has 0 bridgehead atoms. The number of carbonyl (C=O) groups excluding carboxylic acids is 1. The maximum atomic E-state index is 11.5. The molecule has 0 aromatic heterocycles. The molecule has 0 aliphatic carbocycles. The van der Waals surface area contributed by atoms with Gasteiger partial charge < -0.3 is 15.7 Å². The monoisotopic (exact) mass is 230 g/mol. The Labute approximate surface area is 98.8 Å². The van der Waals surface area contributed by atoms with Gasteiger partial charge in [0, 0.05) is 12.1 Å². The van der Waals surface area contributed by atoms with Crippen molar-refractivity contribution in [2.75, 3.05) is 6.54 Å². The van der Waals surface area contributed by atoms with Crippen LogP contribution in [0.2, 0.25) is 0 Å². The van der Waals surface area contributed by atoms with Gasteiger partial charge in [0.05, 0.1) is 5.60 Å². The van der Waals surface area contributed by atoms with Gasteiger partial charge in [0.2, 0.25) is 0 Å². The van der Waals surface area contributed by atoms with E-state index >= 15 is 0 Å². The molecule has 1 unspecified atom stereocenters. The van der Waals surface area contributed by atoms with Crippen LogP contribution in [0.15, 0.2) is 0 Å². The number of nitrogens with one attached hydrogen (secondary N) is 2. The molecule has 4 heteroatoms. The van der Waals surface area contributed by atoms with Crippen molar-refractivity contribution in [3.63, 3.8) is 0 Å². The highest BCUT2D eigenvalue weighted by atomic mass is 16.3. The summed E-state index contributed by atoms with van der Waals surface area (Å²) >= 11 is 0. The summed E-state index contributed by atoms with van der Waals surface area (Å²) in [5.74, 6) is 0.405. The Balaban J connectivity index is 4.00. The van der Waals surface area contributed by atoms with Crippen molar-refractivity contribution in [1.29, 1.82) is 0 Å². The molecule has 96 valence electrons. The van der Waals surface area contributed by atoms with Crippen LogP contribution >= 0.6 is 0 Å². The zero-order chi connectivity index (χ0) is 13.0. The van der Waals surface area contributed by atoms with Gasteiger partial charge in [0.25, 0.3) is 0 Å². The number of hydrogen-bond acceptors (Lipinski definition) is 2. The third kappa shape index (κ3) is 8.53. The molecule has 0 saturated heterocycles. The van der Waals surface area contributed by atoms with Crippen molar-refractivity contribution >= 4 is 6.03 Å². The Kier molecular flexibility index (Phi) is 5.26. The van der Waals surface area contributed by atoms with Crippen LogP contribution in [0.1, 0.15) is 48.0 Å². The first-order valence-corrected chi connectivity index (χ1v) is 5.80. The minimum Gasteiger partial charge on any atom is -0.388 e. The fraction of sp³-hybridized carbons (Fsp3) is 0.917. The number of carbonyl (C=O) groups is 1. The minimum atomic E-state index is -0.844. The zero-order valence-electron chi connectivity index (χ0n) is 11.3. The largest absolute Gasteiger partial charge is 0.388 e. The van der Waals surface area contributed by atoms with Gasteiger partial charge in [-0.2, -0.15) is 0 Å². The molecule has 16 heavy (non-hydrogen) atoms. The van der Waals surface area contributed by atoms with Crippen molar-refractivity contribution in [2.24, 2.45) is 5.92 Å². The van der Waals surface area contributed by atoms with Crippen molar-refractivity contribution in [3.8, 4) is 0 Å². The highest BCUT2D eigenvalue weighted by Gasteiger charge is 2.23. The lowest BCUT2D eigenvalue weighted by molar-refractivity contribution is 0.0406. The van der Waals surface area contributed by atoms with Crippen LogP contribution in [0.4, 0.5) is 4.79 Å². The summed E-state index contributed by atoms with van der Waals surface area (Å²) in [6, 6.07) is -0.239. The molecular weight excluding hydrogens is 204 g/mol. The van der Waals surface area contributed by atoms with E-state index in [-0.39, 0.29) is 18.1 Å². The van der Waals surface area contributed by atoms with E-state index in [1.807, 2.05) is 34.6 Å². The standard InChI is InChI=1S/C12H26N2O2/c1-9(2)7-12(6,16)8-13-10(15)14-11(3,4)5/h9,16H,7-8H2,1-6H3,(H2,13,14,15). The fourth-order valence-corrected chi connectivity index (χ4v) is 1.61. The SMILES string of the molecule is CC(C)CC(C)(O)CNC(=O)NC(C)(C)C. The lowest BCUT2D eigenvalue weighted by Crippen LogP contribution is -2.50. The van der Waals surface area contributed by atoms with Gasteiger partial charge >= 0.3 is 6.03 Å². The van der Waals surface area contributed by atoms with Crippen LogP contribution in [-0.2, 0) is 0 Å². The van der Waals surface area contributed by atoms with E-state index in [9.17, 15) is 9.90 Å². The van der Waals surface area contributed by atoms with E-state index < -0.39 is 5.60 Å². The number of aliphatic hydroxyl groups is 1. The van der Waals surface area contributed by atoms with Crippen molar-refractivity contribution in [1.82, 2.24) is 10.6 Å². The number of hydrogen-bond donors (Lipinski definition) is 3. The highest BCUT2D eigenvalue weighted by Crippen LogP contribution is 2.14. The first-order chi connectivity index (χ1) is 7.02. The molecule has 0 aliphatic heterocycles. The van der Waals surface area contributed by atoms with Gasteiger partial charge in [0.1, 0.15) is 0 Å². The van der Waals surface area contributed by atoms with Gasteiger partial charge in [0.15, 0.2) is 0 Å². The Morgan fingerprint density at radius 1 is 1.25 bits per heavy atom. The second-order valence-corrected chi connectivity index (χ2v) is 6.15. The average molecular weight is 230 g/mol. The average Bonchev–Trinajstić information content (AvgIpc) is 1.95. The van der Waals surface area contributed by atoms with Gasteiger partial charge in [-0.25, -0.2) is 4.79 Å². The summed E-state index contributed by atoms with van der Waals surface area (Å²) in [6.45, 7) is 11.8. The number of urea groups is 1. The third-order valence-electron chi connectivity index (χ3n) is 1.97. The maximum absolute atomic E-state index is 11.5. The smallest absolute Gasteiger partial charge is 0.315 e. The van der Waals surface area contributed by atoms with Gasteiger partial charge in [-0.1, -0.05) is 13.8 Å². The molecular formula is C12H26N2O2. The molecule has 0 heterocycles. The molecule has 0 aliphatic rings. The predicted molar refractivity (Wildman–Crippen MR) is 66.4 cm³/mol. The first kappa shape index (κ1) is 15.2. The van der Waals surface area contributed by atoms with E-state index in [4.69, 9.17) is 0 Å². The predicted octanol–water partition coefficient (Wildman–Crippen LogP) is 1.88. The highest BCUT2D eigenvalue weighted by molar-refractivity contribution is 5.74. The lowest BCUT2D eigenvalue weighted by Gasteiger charge is -2.27. The Morgan fingerprint density at radius 3 is 2.12 bits per heavy atom. The fourth-order valence-electron chi connectivity index (χ4n) is 1.61. The minimum absolute atomic E-state index is 0.239. The maximum Gasteiger partial charge on any atom is 0.315 e. The Morgan fingerprint density at radius 2 is 1.75 bits per heavy atom. The van der Waals surface area contributed by atoms with E-state index in [1.165, 1.54) is 0 Å². The van der Waals surface area contributed by atoms with Crippen molar-refractivity contribution in [3.05, 3.63) is 0 Å². The van der Waals surface area contributed by atoms with Crippen LogP contribution in [0.25, 0.3) is 0 Å². The molecule has 2 amide bonds. The summed E-state index contributed by atoms with van der Waals surface area (Å²) < 4.78 is 0. The first-order valence-electron chi connectivity index (χ1n) is 5.80. The third-order valence-corrected chi connectivity index (χ3v) is 1.97. The van der Waals surface area contributed by atoms with Crippen LogP contribution in [-0.4, -0.2) is 28.8 Å². The molecule has 3 N–H and O–H groups in total. The van der Waals surface area contributed by atoms with Crippen LogP contribution in [0, 0.1) is 5.92 Å². The normalized spacial score (nSPS) is 15.8. The molecule has 1 atom stereocenters. The zero-order valence-corrected chi connectivity index (χ0v) is 11.3. The molecule has 0 spiro atoms. The van der Waals surface area contributed by atoms with Crippen molar-refractivity contribution in [2.45, 2.75) is 59.1 Å². The van der Waals surface area contributed by atoms with Crippen LogP contribution < -0.4 is 10.6 Å². The van der Waals surface area contributed by atoms with E-state index in [0.717, 1.165) is 0 Å². The van der Waals surface area contributed by atoms with Crippen LogP contribution in [0.5, 0.6) is 0 Å². The Hall–Kier alpha value is -0.770. The number of amides is 2. The molecule has 0 aromatic carbocycles. The second kappa shape index (κ2) is 5.53. The van der Waals surface area contributed by atoms with Crippen molar-refractivity contribution < 1.29 is 9.90 Å². The van der Waals surface area contributed by atoms with E-state index in [1.54, 1.807) is 6.92 Å².